The molecule has 132 valence electrons. The minimum Gasteiger partial charge on any atom is -0.288 e. The number of aromatic nitrogens is 1. The number of sulfone groups is 1. The number of hydrogen-bond acceptors (Lipinski definition) is 6. The highest BCUT2D eigenvalue weighted by Crippen LogP contribution is 2.31. The van der Waals surface area contributed by atoms with Crippen molar-refractivity contribution in [2.24, 2.45) is 0 Å². The fraction of sp³-hybridized carbons (Fsp3) is 0.294. The van der Waals surface area contributed by atoms with E-state index in [1.165, 1.54) is 22.5 Å². The molecule has 3 rings (SSSR count). The molecule has 0 saturated heterocycles. The van der Waals surface area contributed by atoms with Crippen molar-refractivity contribution in [2.45, 2.75) is 24.7 Å². The van der Waals surface area contributed by atoms with Gasteiger partial charge in [0.05, 0.1) is 15.1 Å². The summed E-state index contributed by atoms with van der Waals surface area (Å²) in [7, 11) is -3.27. The number of thiazole rings is 1. The average molecular weight is 395 g/mol. The van der Waals surface area contributed by atoms with Gasteiger partial charge in [0.1, 0.15) is 0 Å². The fourth-order valence-corrected chi connectivity index (χ4v) is 4.90. The van der Waals surface area contributed by atoms with E-state index in [2.05, 4.69) is 11.1 Å². The number of amides is 1. The average Bonchev–Trinajstić information content (AvgIpc) is 3.22. The molecule has 0 aliphatic rings. The van der Waals surface area contributed by atoms with Gasteiger partial charge in [-0.25, -0.2) is 13.4 Å². The molecule has 0 atom stereocenters. The van der Waals surface area contributed by atoms with Gasteiger partial charge in [-0.2, -0.15) is 0 Å². The van der Waals surface area contributed by atoms with Gasteiger partial charge in [-0.1, -0.05) is 24.3 Å². The van der Waals surface area contributed by atoms with Crippen LogP contribution in [0.15, 0.2) is 40.6 Å². The Hall–Kier alpha value is -1.77. The first-order chi connectivity index (χ1) is 11.9. The second-order valence-corrected chi connectivity index (χ2v) is 9.68. The third kappa shape index (κ3) is 4.08. The standard InChI is InChI=1S/C17H18N2O3S3/c1-3-16(20)19(9-8-12-5-4-10-23-12)17-18-14-7-6-13(25(2,21)22)11-15(14)24-17/h4-7,10-11H,3,8-9H2,1-2H3. The van der Waals surface area contributed by atoms with Crippen molar-refractivity contribution in [3.8, 4) is 0 Å². The van der Waals surface area contributed by atoms with Crippen LogP contribution in [0.2, 0.25) is 0 Å². The van der Waals surface area contributed by atoms with Gasteiger partial charge < -0.3 is 0 Å². The van der Waals surface area contributed by atoms with Crippen LogP contribution in [0, 0.1) is 0 Å². The van der Waals surface area contributed by atoms with Crippen molar-refractivity contribution in [1.29, 1.82) is 0 Å². The molecule has 5 nitrogen and oxygen atoms in total. The smallest absolute Gasteiger partial charge is 0.228 e. The lowest BCUT2D eigenvalue weighted by molar-refractivity contribution is -0.118. The Morgan fingerprint density at radius 3 is 2.72 bits per heavy atom. The molecule has 8 heteroatoms. The number of benzene rings is 1. The van der Waals surface area contributed by atoms with E-state index in [4.69, 9.17) is 0 Å². The van der Waals surface area contributed by atoms with E-state index in [1.807, 2.05) is 18.4 Å². The van der Waals surface area contributed by atoms with Gasteiger partial charge in [0.15, 0.2) is 15.0 Å². The fourth-order valence-electron chi connectivity index (χ4n) is 2.43. The van der Waals surface area contributed by atoms with E-state index in [0.29, 0.717) is 23.6 Å². The van der Waals surface area contributed by atoms with Gasteiger partial charge in [0, 0.05) is 24.1 Å². The van der Waals surface area contributed by atoms with Gasteiger partial charge in [-0.05, 0) is 36.1 Å². The molecule has 0 spiro atoms. The zero-order valence-corrected chi connectivity index (χ0v) is 16.4. The van der Waals surface area contributed by atoms with Crippen LogP contribution in [0.25, 0.3) is 10.2 Å². The number of rotatable bonds is 6. The first kappa shape index (κ1) is 18.0. The number of carbonyl (C=O) groups excluding carboxylic acids is 1. The summed E-state index contributed by atoms with van der Waals surface area (Å²) in [5.74, 6) is 0.0129. The maximum absolute atomic E-state index is 12.4. The summed E-state index contributed by atoms with van der Waals surface area (Å²) in [4.78, 5) is 20.1. The summed E-state index contributed by atoms with van der Waals surface area (Å²) in [6.45, 7) is 2.39. The Kier molecular flexibility index (Phi) is 5.21. The lowest BCUT2D eigenvalue weighted by atomic mass is 10.3. The van der Waals surface area contributed by atoms with Crippen molar-refractivity contribution < 1.29 is 13.2 Å². The predicted molar refractivity (Wildman–Crippen MR) is 103 cm³/mol. The molecular weight excluding hydrogens is 376 g/mol. The Balaban J connectivity index is 1.93. The Labute approximate surface area is 154 Å². The number of anilines is 1. The van der Waals surface area contributed by atoms with Crippen molar-refractivity contribution in [3.05, 3.63) is 40.6 Å². The highest BCUT2D eigenvalue weighted by Gasteiger charge is 2.19. The van der Waals surface area contributed by atoms with Crippen molar-refractivity contribution in [2.75, 3.05) is 17.7 Å². The lowest BCUT2D eigenvalue weighted by Crippen LogP contribution is -2.32. The Bertz CT molecular complexity index is 992. The summed E-state index contributed by atoms with van der Waals surface area (Å²) in [5, 5.41) is 2.63. The third-order valence-corrected chi connectivity index (χ3v) is 6.86. The van der Waals surface area contributed by atoms with Gasteiger partial charge in [0.25, 0.3) is 0 Å². The number of fused-ring (bicyclic) bond motifs is 1. The maximum atomic E-state index is 12.4. The summed E-state index contributed by atoms with van der Waals surface area (Å²) >= 11 is 3.02. The van der Waals surface area contributed by atoms with Gasteiger partial charge in [-0.15, -0.1) is 11.3 Å². The van der Waals surface area contributed by atoms with E-state index >= 15 is 0 Å². The number of hydrogen-bond donors (Lipinski definition) is 0. The van der Waals surface area contributed by atoms with Crippen LogP contribution in [0.5, 0.6) is 0 Å². The second kappa shape index (κ2) is 7.23. The minimum atomic E-state index is -3.27. The van der Waals surface area contributed by atoms with Crippen molar-refractivity contribution in [1.82, 2.24) is 4.98 Å². The van der Waals surface area contributed by atoms with Gasteiger partial charge in [0.2, 0.25) is 5.91 Å². The first-order valence-corrected chi connectivity index (χ1v) is 11.4. The minimum absolute atomic E-state index is 0.0129. The molecule has 0 saturated carbocycles. The molecule has 0 fully saturated rings. The van der Waals surface area contributed by atoms with Crippen molar-refractivity contribution >= 4 is 53.8 Å². The second-order valence-electron chi connectivity index (χ2n) is 5.63. The SMILES string of the molecule is CCC(=O)N(CCc1cccs1)c1nc2ccc(S(C)(=O)=O)cc2s1. The highest BCUT2D eigenvalue weighted by molar-refractivity contribution is 7.90. The molecule has 0 N–H and O–H groups in total. The summed E-state index contributed by atoms with van der Waals surface area (Å²) in [6.07, 6.45) is 2.35. The first-order valence-electron chi connectivity index (χ1n) is 7.82. The zero-order chi connectivity index (χ0) is 18.0. The normalized spacial score (nSPS) is 11.8. The zero-order valence-electron chi connectivity index (χ0n) is 13.9. The third-order valence-electron chi connectivity index (χ3n) is 3.77. The molecule has 0 radical (unpaired) electrons. The van der Waals surface area contributed by atoms with E-state index in [-0.39, 0.29) is 10.8 Å². The quantitative estimate of drug-likeness (QED) is 0.639. The molecule has 1 aromatic carbocycles. The summed E-state index contributed by atoms with van der Waals surface area (Å²) in [6, 6.07) is 8.92. The number of carbonyl (C=O) groups is 1. The molecule has 3 aromatic rings. The number of nitrogens with zero attached hydrogens (tertiary/aromatic N) is 2. The molecule has 1 amide bonds. The largest absolute Gasteiger partial charge is 0.288 e. The Morgan fingerprint density at radius 1 is 1.28 bits per heavy atom. The van der Waals surface area contributed by atoms with E-state index in [0.717, 1.165) is 11.1 Å². The van der Waals surface area contributed by atoms with E-state index in [1.54, 1.807) is 34.4 Å². The number of thiophene rings is 1. The summed E-state index contributed by atoms with van der Waals surface area (Å²) < 4.78 is 24.2. The maximum Gasteiger partial charge on any atom is 0.228 e. The lowest BCUT2D eigenvalue weighted by Gasteiger charge is -2.18. The van der Waals surface area contributed by atoms with Crippen molar-refractivity contribution in [3.63, 3.8) is 0 Å². The molecule has 2 aromatic heterocycles. The van der Waals surface area contributed by atoms with E-state index < -0.39 is 9.84 Å². The topological polar surface area (TPSA) is 67.3 Å². The van der Waals surface area contributed by atoms with Crippen LogP contribution in [0.1, 0.15) is 18.2 Å². The Morgan fingerprint density at radius 2 is 2.08 bits per heavy atom. The molecular formula is C17H18N2O3S3. The molecule has 25 heavy (non-hydrogen) atoms. The van der Waals surface area contributed by atoms with Crippen LogP contribution < -0.4 is 4.90 Å². The molecule has 0 unspecified atom stereocenters. The molecule has 0 aliphatic heterocycles. The van der Waals surface area contributed by atoms with E-state index in [9.17, 15) is 13.2 Å². The molecule has 2 heterocycles. The van der Waals surface area contributed by atoms with Crippen LogP contribution in [-0.4, -0.2) is 32.1 Å². The van der Waals surface area contributed by atoms with Gasteiger partial charge >= 0.3 is 0 Å². The van der Waals surface area contributed by atoms with Crippen LogP contribution in [0.3, 0.4) is 0 Å². The van der Waals surface area contributed by atoms with Crippen LogP contribution >= 0.6 is 22.7 Å². The molecule has 0 aliphatic carbocycles. The predicted octanol–water partition coefficient (Wildman–Crippen LogP) is 3.75. The monoisotopic (exact) mass is 394 g/mol. The van der Waals surface area contributed by atoms with Gasteiger partial charge in [-0.3, -0.25) is 9.69 Å². The van der Waals surface area contributed by atoms with Crippen LogP contribution in [-0.2, 0) is 21.1 Å². The summed E-state index contributed by atoms with van der Waals surface area (Å²) in [5.41, 5.74) is 0.706. The van der Waals surface area contributed by atoms with Crippen LogP contribution in [0.4, 0.5) is 5.13 Å². The highest BCUT2D eigenvalue weighted by atomic mass is 32.2. The molecule has 0 bridgehead atoms.